The van der Waals surface area contributed by atoms with Crippen LogP contribution in [0, 0.1) is 11.3 Å². The van der Waals surface area contributed by atoms with Gasteiger partial charge in [0.05, 0.1) is 13.5 Å². The average molecular weight is 298 g/mol. The Morgan fingerprint density at radius 2 is 1.95 bits per heavy atom. The zero-order chi connectivity index (χ0) is 16.0. The molecule has 122 valence electrons. The molecule has 1 N–H and O–H groups in total. The number of methoxy groups -OCH3 is 1. The molecule has 1 amide bonds. The fourth-order valence-electron chi connectivity index (χ4n) is 2.70. The first-order chi connectivity index (χ1) is 9.75. The van der Waals surface area contributed by atoms with E-state index in [1.807, 2.05) is 11.8 Å². The lowest BCUT2D eigenvalue weighted by Crippen LogP contribution is -2.52. The van der Waals surface area contributed by atoms with E-state index >= 15 is 0 Å². The molecule has 0 aromatic rings. The van der Waals surface area contributed by atoms with E-state index in [2.05, 4.69) is 26.1 Å². The van der Waals surface area contributed by atoms with Crippen molar-refractivity contribution < 1.29 is 14.3 Å². The summed E-state index contributed by atoms with van der Waals surface area (Å²) in [5, 5.41) is 3.55. The molecule has 2 atom stereocenters. The van der Waals surface area contributed by atoms with E-state index < -0.39 is 0 Å². The van der Waals surface area contributed by atoms with Gasteiger partial charge in [0.2, 0.25) is 5.91 Å². The Morgan fingerprint density at radius 1 is 1.29 bits per heavy atom. The highest BCUT2D eigenvalue weighted by Crippen LogP contribution is 2.22. The van der Waals surface area contributed by atoms with E-state index in [4.69, 9.17) is 4.74 Å². The highest BCUT2D eigenvalue weighted by Gasteiger charge is 2.31. The minimum atomic E-state index is -0.194. The van der Waals surface area contributed by atoms with Crippen molar-refractivity contribution in [2.24, 2.45) is 11.3 Å². The SMILES string of the molecule is CCC(=O)N1CC(CC(=O)OC)CC(NCC(C)(C)C)C1. The van der Waals surface area contributed by atoms with Crippen molar-refractivity contribution in [1.82, 2.24) is 10.2 Å². The van der Waals surface area contributed by atoms with Crippen LogP contribution in [0.3, 0.4) is 0 Å². The largest absolute Gasteiger partial charge is 0.469 e. The number of nitrogens with zero attached hydrogens (tertiary/aromatic N) is 1. The number of ether oxygens (including phenoxy) is 1. The Balaban J connectivity index is 2.65. The van der Waals surface area contributed by atoms with Crippen molar-refractivity contribution >= 4 is 11.9 Å². The molecular weight excluding hydrogens is 268 g/mol. The predicted octanol–water partition coefficient (Wildman–Crippen LogP) is 1.81. The van der Waals surface area contributed by atoms with Crippen molar-refractivity contribution in [3.8, 4) is 0 Å². The Morgan fingerprint density at radius 3 is 2.48 bits per heavy atom. The van der Waals surface area contributed by atoms with Crippen LogP contribution < -0.4 is 5.32 Å². The molecule has 1 aliphatic heterocycles. The Labute approximate surface area is 128 Å². The molecule has 5 heteroatoms. The van der Waals surface area contributed by atoms with Crippen LogP contribution >= 0.6 is 0 Å². The first kappa shape index (κ1) is 18.0. The number of nitrogens with one attached hydrogen (secondary N) is 1. The second-order valence-electron chi connectivity index (χ2n) is 7.17. The Bertz CT molecular complexity index is 363. The molecule has 2 unspecified atom stereocenters. The van der Waals surface area contributed by atoms with E-state index in [1.165, 1.54) is 7.11 Å². The second kappa shape index (κ2) is 7.78. The molecule has 5 nitrogen and oxygen atoms in total. The summed E-state index contributed by atoms with van der Waals surface area (Å²) >= 11 is 0. The standard InChI is InChI=1S/C16H30N2O3/c1-6-14(19)18-9-12(8-15(20)21-5)7-13(10-18)17-11-16(2,3)4/h12-13,17H,6-11H2,1-5H3. The Kier molecular flexibility index (Phi) is 6.65. The average Bonchev–Trinajstić information content (AvgIpc) is 2.43. The molecule has 0 radical (unpaired) electrons. The van der Waals surface area contributed by atoms with Crippen LogP contribution in [-0.2, 0) is 14.3 Å². The van der Waals surface area contributed by atoms with Crippen LogP contribution in [0.15, 0.2) is 0 Å². The predicted molar refractivity (Wildman–Crippen MR) is 82.9 cm³/mol. The summed E-state index contributed by atoms with van der Waals surface area (Å²) in [5.74, 6) is 0.145. The molecule has 1 rings (SSSR count). The molecule has 1 heterocycles. The number of carbonyl (C=O) groups is 2. The summed E-state index contributed by atoms with van der Waals surface area (Å²) in [6.45, 7) is 10.7. The van der Waals surface area contributed by atoms with Crippen molar-refractivity contribution in [2.45, 2.75) is 53.0 Å². The zero-order valence-electron chi connectivity index (χ0n) is 14.1. The van der Waals surface area contributed by atoms with Gasteiger partial charge in [0.15, 0.2) is 0 Å². The number of hydrogen-bond donors (Lipinski definition) is 1. The number of esters is 1. The van der Waals surface area contributed by atoms with Gasteiger partial charge in [0.1, 0.15) is 0 Å². The third kappa shape index (κ3) is 6.46. The molecular formula is C16H30N2O3. The lowest BCUT2D eigenvalue weighted by atomic mass is 9.90. The van der Waals surface area contributed by atoms with Crippen molar-refractivity contribution in [3.63, 3.8) is 0 Å². The van der Waals surface area contributed by atoms with Crippen LogP contribution in [0.4, 0.5) is 0 Å². The van der Waals surface area contributed by atoms with E-state index in [0.717, 1.165) is 19.5 Å². The lowest BCUT2D eigenvalue weighted by molar-refractivity contribution is -0.143. The van der Waals surface area contributed by atoms with Gasteiger partial charge >= 0.3 is 5.97 Å². The molecule has 0 aromatic heterocycles. The summed E-state index contributed by atoms with van der Waals surface area (Å²) in [7, 11) is 1.41. The van der Waals surface area contributed by atoms with Crippen LogP contribution in [0.5, 0.6) is 0 Å². The van der Waals surface area contributed by atoms with Gasteiger partial charge in [-0.3, -0.25) is 9.59 Å². The fourth-order valence-corrected chi connectivity index (χ4v) is 2.70. The number of amides is 1. The highest BCUT2D eigenvalue weighted by molar-refractivity contribution is 5.76. The Hall–Kier alpha value is -1.10. The van der Waals surface area contributed by atoms with Gasteiger partial charge in [-0.25, -0.2) is 0 Å². The minimum Gasteiger partial charge on any atom is -0.469 e. The minimum absolute atomic E-state index is 0.159. The number of hydrogen-bond acceptors (Lipinski definition) is 4. The summed E-state index contributed by atoms with van der Waals surface area (Å²) < 4.78 is 4.76. The van der Waals surface area contributed by atoms with Gasteiger partial charge < -0.3 is 15.0 Å². The smallest absolute Gasteiger partial charge is 0.305 e. The van der Waals surface area contributed by atoms with Gasteiger partial charge in [-0.05, 0) is 17.8 Å². The maximum Gasteiger partial charge on any atom is 0.305 e. The van der Waals surface area contributed by atoms with Crippen molar-refractivity contribution in [2.75, 3.05) is 26.7 Å². The molecule has 21 heavy (non-hydrogen) atoms. The molecule has 0 aliphatic carbocycles. The van der Waals surface area contributed by atoms with Crippen LogP contribution in [0.2, 0.25) is 0 Å². The normalized spacial score (nSPS) is 23.0. The number of likely N-dealkylation sites (tertiary alicyclic amines) is 1. The van der Waals surface area contributed by atoms with Crippen LogP contribution in [-0.4, -0.2) is 49.6 Å². The first-order valence-electron chi connectivity index (χ1n) is 7.83. The van der Waals surface area contributed by atoms with Crippen LogP contribution in [0.1, 0.15) is 47.0 Å². The van der Waals surface area contributed by atoms with Gasteiger partial charge in [0.25, 0.3) is 0 Å². The molecule has 0 aromatic carbocycles. The molecule has 1 fully saturated rings. The van der Waals surface area contributed by atoms with Gasteiger partial charge in [-0.1, -0.05) is 27.7 Å². The van der Waals surface area contributed by atoms with E-state index in [-0.39, 0.29) is 29.3 Å². The highest BCUT2D eigenvalue weighted by atomic mass is 16.5. The van der Waals surface area contributed by atoms with Crippen molar-refractivity contribution in [3.05, 3.63) is 0 Å². The van der Waals surface area contributed by atoms with Gasteiger partial charge in [-0.2, -0.15) is 0 Å². The fraction of sp³-hybridized carbons (Fsp3) is 0.875. The van der Waals surface area contributed by atoms with E-state index in [9.17, 15) is 9.59 Å². The van der Waals surface area contributed by atoms with Crippen LogP contribution in [0.25, 0.3) is 0 Å². The maximum absolute atomic E-state index is 12.0. The third-order valence-electron chi connectivity index (χ3n) is 3.80. The molecule has 0 spiro atoms. The number of piperidine rings is 1. The monoisotopic (exact) mass is 298 g/mol. The number of rotatable bonds is 5. The van der Waals surface area contributed by atoms with E-state index in [0.29, 0.717) is 19.4 Å². The second-order valence-corrected chi connectivity index (χ2v) is 7.17. The quantitative estimate of drug-likeness (QED) is 0.787. The molecule has 1 saturated heterocycles. The number of carbonyl (C=O) groups excluding carboxylic acids is 2. The van der Waals surface area contributed by atoms with E-state index in [1.54, 1.807) is 0 Å². The molecule has 0 saturated carbocycles. The zero-order valence-corrected chi connectivity index (χ0v) is 14.1. The molecule has 0 bridgehead atoms. The topological polar surface area (TPSA) is 58.6 Å². The first-order valence-corrected chi connectivity index (χ1v) is 7.83. The van der Waals surface area contributed by atoms with Gasteiger partial charge in [0, 0.05) is 32.1 Å². The maximum atomic E-state index is 12.0. The summed E-state index contributed by atoms with van der Waals surface area (Å²) in [6, 6.07) is 0.253. The van der Waals surface area contributed by atoms with Gasteiger partial charge in [-0.15, -0.1) is 0 Å². The molecule has 1 aliphatic rings. The summed E-state index contributed by atoms with van der Waals surface area (Å²) in [4.78, 5) is 25.4. The third-order valence-corrected chi connectivity index (χ3v) is 3.80. The lowest BCUT2D eigenvalue weighted by Gasteiger charge is -2.39. The summed E-state index contributed by atoms with van der Waals surface area (Å²) in [6.07, 6.45) is 1.81. The summed E-state index contributed by atoms with van der Waals surface area (Å²) in [5.41, 5.74) is 0.203. The van der Waals surface area contributed by atoms with Crippen molar-refractivity contribution in [1.29, 1.82) is 0 Å².